The molecule has 0 radical (unpaired) electrons. The molecule has 0 bridgehead atoms. The van der Waals surface area contributed by atoms with Gasteiger partial charge < -0.3 is 10.1 Å². The third kappa shape index (κ3) is 3.19. The van der Waals surface area contributed by atoms with Gasteiger partial charge in [-0.3, -0.25) is 4.98 Å². The highest BCUT2D eigenvalue weighted by Crippen LogP contribution is 2.29. The summed E-state index contributed by atoms with van der Waals surface area (Å²) in [6, 6.07) is 17.8. The van der Waals surface area contributed by atoms with Crippen LogP contribution in [0.5, 0.6) is 5.75 Å². The summed E-state index contributed by atoms with van der Waals surface area (Å²) in [6.45, 7) is 2.04. The zero-order chi connectivity index (χ0) is 17.9. The molecule has 0 aliphatic heterocycles. The van der Waals surface area contributed by atoms with Gasteiger partial charge in [0.15, 0.2) is 5.82 Å². The van der Waals surface area contributed by atoms with Gasteiger partial charge >= 0.3 is 0 Å². The van der Waals surface area contributed by atoms with E-state index in [2.05, 4.69) is 16.4 Å². The molecule has 2 aromatic carbocycles. The Morgan fingerprint density at radius 3 is 2.54 bits per heavy atom. The van der Waals surface area contributed by atoms with Gasteiger partial charge in [-0.1, -0.05) is 12.1 Å². The number of para-hydroxylation sites is 1. The van der Waals surface area contributed by atoms with Gasteiger partial charge in [0.1, 0.15) is 11.6 Å². The van der Waals surface area contributed by atoms with Crippen molar-refractivity contribution in [2.24, 2.45) is 0 Å². The predicted octanol–water partition coefficient (Wildman–Crippen LogP) is 4.75. The van der Waals surface area contributed by atoms with Gasteiger partial charge in [0.2, 0.25) is 0 Å². The molecule has 0 spiro atoms. The Balaban J connectivity index is 1.84. The molecule has 0 unspecified atom stereocenters. The minimum atomic E-state index is 0.660. The van der Waals surface area contributed by atoms with E-state index in [-0.39, 0.29) is 0 Å². The first-order valence-electron chi connectivity index (χ1n) is 8.33. The van der Waals surface area contributed by atoms with E-state index in [0.29, 0.717) is 5.82 Å². The number of methoxy groups -OCH3 is 1. The largest absolute Gasteiger partial charge is 0.497 e. The maximum Gasteiger partial charge on any atom is 0.162 e. The van der Waals surface area contributed by atoms with Crippen molar-refractivity contribution < 1.29 is 4.74 Å². The lowest BCUT2D eigenvalue weighted by molar-refractivity contribution is 0.414. The fraction of sp³-hybridized carbons (Fsp3) is 0.0952. The Hall–Kier alpha value is -3.47. The maximum absolute atomic E-state index is 5.37. The number of benzene rings is 2. The van der Waals surface area contributed by atoms with Crippen molar-refractivity contribution >= 4 is 22.4 Å². The summed E-state index contributed by atoms with van der Waals surface area (Å²) < 4.78 is 5.37. The highest BCUT2D eigenvalue weighted by atomic mass is 16.5. The fourth-order valence-electron chi connectivity index (χ4n) is 2.88. The Kier molecular flexibility index (Phi) is 4.19. The Morgan fingerprint density at radius 1 is 0.923 bits per heavy atom. The van der Waals surface area contributed by atoms with Crippen molar-refractivity contribution in [2.45, 2.75) is 6.92 Å². The third-order valence-corrected chi connectivity index (χ3v) is 4.09. The van der Waals surface area contributed by atoms with Crippen molar-refractivity contribution in [3.8, 4) is 17.1 Å². The van der Waals surface area contributed by atoms with Crippen LogP contribution in [0.25, 0.3) is 22.3 Å². The molecule has 2 aromatic heterocycles. The summed E-state index contributed by atoms with van der Waals surface area (Å²) in [4.78, 5) is 13.5. The van der Waals surface area contributed by atoms with Crippen LogP contribution in [-0.2, 0) is 0 Å². The number of nitrogens with one attached hydrogen (secondary N) is 1. The highest BCUT2D eigenvalue weighted by molar-refractivity contribution is 5.92. The second kappa shape index (κ2) is 6.80. The van der Waals surface area contributed by atoms with Crippen LogP contribution in [0, 0.1) is 6.92 Å². The van der Waals surface area contributed by atoms with Gasteiger partial charge in [-0.2, -0.15) is 0 Å². The lowest BCUT2D eigenvalue weighted by Crippen LogP contribution is -2.00. The first-order valence-corrected chi connectivity index (χ1v) is 8.33. The average Bonchev–Trinajstić information content (AvgIpc) is 2.68. The van der Waals surface area contributed by atoms with Gasteiger partial charge in [-0.15, -0.1) is 0 Å². The van der Waals surface area contributed by atoms with E-state index in [1.54, 1.807) is 19.5 Å². The normalized spacial score (nSPS) is 10.7. The summed E-state index contributed by atoms with van der Waals surface area (Å²) in [5.41, 5.74) is 3.85. The number of aromatic nitrogens is 3. The number of aryl methyl sites for hydroxylation is 1. The number of pyridine rings is 1. The van der Waals surface area contributed by atoms with Gasteiger partial charge in [-0.25, -0.2) is 9.97 Å². The smallest absolute Gasteiger partial charge is 0.162 e. The summed E-state index contributed by atoms with van der Waals surface area (Å²) in [7, 11) is 1.67. The van der Waals surface area contributed by atoms with Crippen LogP contribution >= 0.6 is 0 Å². The average molecular weight is 342 g/mol. The molecule has 4 aromatic rings. The van der Waals surface area contributed by atoms with Gasteiger partial charge in [-0.05, 0) is 48.9 Å². The molecule has 1 N–H and O–H groups in total. The molecule has 5 nitrogen and oxygen atoms in total. The molecule has 0 saturated carbocycles. The predicted molar refractivity (Wildman–Crippen MR) is 104 cm³/mol. The van der Waals surface area contributed by atoms with E-state index < -0.39 is 0 Å². The minimum Gasteiger partial charge on any atom is -0.497 e. The second-order valence-electron chi connectivity index (χ2n) is 6.01. The Bertz CT molecular complexity index is 1060. The van der Waals surface area contributed by atoms with Crippen LogP contribution in [0.1, 0.15) is 5.56 Å². The molecule has 0 aliphatic carbocycles. The standard InChI is InChI=1S/C21H18N4O/c1-14-11-16(13-17(12-14)26-2)23-21-18-5-3-4-6-19(18)24-20(25-21)15-7-9-22-10-8-15/h3-13H,1-2H3,(H,23,24,25). The van der Waals surface area contributed by atoms with E-state index in [1.807, 2.05) is 55.5 Å². The van der Waals surface area contributed by atoms with Gasteiger partial charge in [0, 0.05) is 35.1 Å². The first-order chi connectivity index (χ1) is 12.7. The molecule has 128 valence electrons. The summed E-state index contributed by atoms with van der Waals surface area (Å²) >= 11 is 0. The number of rotatable bonds is 4. The van der Waals surface area contributed by atoms with Crippen LogP contribution < -0.4 is 10.1 Å². The lowest BCUT2D eigenvalue weighted by atomic mass is 10.2. The van der Waals surface area contributed by atoms with E-state index in [1.165, 1.54) is 0 Å². The third-order valence-electron chi connectivity index (χ3n) is 4.09. The van der Waals surface area contributed by atoms with Gasteiger partial charge in [0.05, 0.1) is 12.6 Å². The zero-order valence-corrected chi connectivity index (χ0v) is 14.6. The molecule has 5 heteroatoms. The molecule has 4 rings (SSSR count). The molecule has 0 aliphatic rings. The number of ether oxygens (including phenoxy) is 1. The van der Waals surface area contributed by atoms with Gasteiger partial charge in [0.25, 0.3) is 0 Å². The molecule has 0 atom stereocenters. The molecule has 2 heterocycles. The van der Waals surface area contributed by atoms with E-state index in [0.717, 1.165) is 39.3 Å². The van der Waals surface area contributed by atoms with E-state index >= 15 is 0 Å². The SMILES string of the molecule is COc1cc(C)cc(Nc2nc(-c3ccncc3)nc3ccccc23)c1. The van der Waals surface area contributed by atoms with Crippen LogP contribution in [0.15, 0.2) is 67.0 Å². The Morgan fingerprint density at radius 2 is 1.73 bits per heavy atom. The van der Waals surface area contributed by atoms with Crippen LogP contribution in [-0.4, -0.2) is 22.1 Å². The first kappa shape index (κ1) is 16.0. The summed E-state index contributed by atoms with van der Waals surface area (Å²) in [5, 5.41) is 4.39. The number of hydrogen-bond donors (Lipinski definition) is 1. The van der Waals surface area contributed by atoms with Crippen molar-refractivity contribution in [3.05, 3.63) is 72.6 Å². The maximum atomic E-state index is 5.37. The van der Waals surface area contributed by atoms with E-state index in [4.69, 9.17) is 14.7 Å². The minimum absolute atomic E-state index is 0.660. The Labute approximate surface area is 151 Å². The number of hydrogen-bond acceptors (Lipinski definition) is 5. The second-order valence-corrected chi connectivity index (χ2v) is 6.01. The number of fused-ring (bicyclic) bond motifs is 1. The molecule has 26 heavy (non-hydrogen) atoms. The molecular weight excluding hydrogens is 324 g/mol. The van der Waals surface area contributed by atoms with Crippen LogP contribution in [0.3, 0.4) is 0 Å². The monoisotopic (exact) mass is 342 g/mol. The molecule has 0 saturated heterocycles. The number of nitrogens with zero attached hydrogens (tertiary/aromatic N) is 3. The highest BCUT2D eigenvalue weighted by Gasteiger charge is 2.10. The van der Waals surface area contributed by atoms with Crippen molar-refractivity contribution in [1.29, 1.82) is 0 Å². The summed E-state index contributed by atoms with van der Waals surface area (Å²) in [5.74, 6) is 2.23. The van der Waals surface area contributed by atoms with Crippen molar-refractivity contribution in [2.75, 3.05) is 12.4 Å². The molecule has 0 amide bonds. The lowest BCUT2D eigenvalue weighted by Gasteiger charge is -2.12. The summed E-state index contributed by atoms with van der Waals surface area (Å²) in [6.07, 6.45) is 3.48. The fourth-order valence-corrected chi connectivity index (χ4v) is 2.88. The topological polar surface area (TPSA) is 59.9 Å². The van der Waals surface area contributed by atoms with E-state index in [9.17, 15) is 0 Å². The van der Waals surface area contributed by atoms with Crippen molar-refractivity contribution in [1.82, 2.24) is 15.0 Å². The molecular formula is C21H18N4O. The number of anilines is 2. The van der Waals surface area contributed by atoms with Crippen molar-refractivity contribution in [3.63, 3.8) is 0 Å². The van der Waals surface area contributed by atoms with Crippen LogP contribution in [0.4, 0.5) is 11.5 Å². The van der Waals surface area contributed by atoms with Crippen LogP contribution in [0.2, 0.25) is 0 Å². The quantitative estimate of drug-likeness (QED) is 0.580. The zero-order valence-electron chi connectivity index (χ0n) is 14.6. The molecule has 0 fully saturated rings.